The number of anilines is 1. The topological polar surface area (TPSA) is 84.7 Å². The van der Waals surface area contributed by atoms with Crippen molar-refractivity contribution in [1.82, 2.24) is 15.2 Å². The number of hydrogen-bond donors (Lipinski definition) is 2. The van der Waals surface area contributed by atoms with E-state index in [1.54, 1.807) is 18.3 Å². The van der Waals surface area contributed by atoms with E-state index < -0.39 is 0 Å². The zero-order chi connectivity index (χ0) is 18.8. The van der Waals surface area contributed by atoms with Gasteiger partial charge in [0.2, 0.25) is 0 Å². The Labute approximate surface area is 156 Å². The van der Waals surface area contributed by atoms with Crippen LogP contribution in [0.4, 0.5) is 5.69 Å². The van der Waals surface area contributed by atoms with Gasteiger partial charge in [-0.05, 0) is 55.0 Å². The Morgan fingerprint density at radius 2 is 1.85 bits per heavy atom. The molecule has 5 heteroatoms. The lowest BCUT2D eigenvalue weighted by Gasteiger charge is -2.05. The molecule has 2 heterocycles. The molecule has 5 nitrogen and oxygen atoms in total. The molecule has 0 amide bonds. The summed E-state index contributed by atoms with van der Waals surface area (Å²) < 4.78 is 0. The number of aromatic amines is 1. The van der Waals surface area contributed by atoms with Crippen LogP contribution >= 0.6 is 0 Å². The van der Waals surface area contributed by atoms with E-state index in [0.29, 0.717) is 16.8 Å². The number of hydrogen-bond acceptors (Lipinski definition) is 4. The molecule has 0 aliphatic carbocycles. The van der Waals surface area contributed by atoms with Gasteiger partial charge in [-0.25, -0.2) is 0 Å². The third-order valence-corrected chi connectivity index (χ3v) is 4.50. The molecule has 0 atom stereocenters. The quantitative estimate of drug-likeness (QED) is 0.424. The number of carbonyl (C=O) groups is 1. The zero-order valence-corrected chi connectivity index (χ0v) is 14.8. The molecule has 2 aromatic carbocycles. The molecular formula is C22H18N4O. The highest BCUT2D eigenvalue weighted by molar-refractivity contribution is 6.11. The number of ketones is 1. The minimum atomic E-state index is -0.0659. The number of H-pyrrole nitrogens is 1. The third-order valence-electron chi connectivity index (χ3n) is 4.50. The molecule has 0 saturated carbocycles. The van der Waals surface area contributed by atoms with Crippen LogP contribution in [0.2, 0.25) is 0 Å². The van der Waals surface area contributed by atoms with Gasteiger partial charge in [0, 0.05) is 28.4 Å². The number of aromatic nitrogens is 3. The van der Waals surface area contributed by atoms with E-state index >= 15 is 0 Å². The highest BCUT2D eigenvalue weighted by Crippen LogP contribution is 2.22. The summed E-state index contributed by atoms with van der Waals surface area (Å²) in [5.74, 6) is -0.0659. The molecule has 4 rings (SSSR count). The van der Waals surface area contributed by atoms with Gasteiger partial charge < -0.3 is 5.73 Å². The molecule has 0 aliphatic rings. The summed E-state index contributed by atoms with van der Waals surface area (Å²) in [6.07, 6.45) is 5.56. The number of nitrogen functional groups attached to an aromatic ring is 1. The fraction of sp³-hybridized carbons (Fsp3) is 0.0455. The normalized spacial score (nSPS) is 11.3. The molecule has 132 valence electrons. The summed E-state index contributed by atoms with van der Waals surface area (Å²) in [6.45, 7) is 1.92. The molecule has 4 aromatic rings. The number of carbonyl (C=O) groups excluding carboxylic acids is 1. The van der Waals surface area contributed by atoms with E-state index in [1.165, 1.54) is 0 Å². The lowest BCUT2D eigenvalue weighted by molar-refractivity contribution is 0.103. The summed E-state index contributed by atoms with van der Waals surface area (Å²) in [4.78, 5) is 17.0. The second kappa shape index (κ2) is 6.88. The maximum atomic E-state index is 12.8. The Kier molecular flexibility index (Phi) is 4.26. The van der Waals surface area contributed by atoms with Crippen molar-refractivity contribution >= 4 is 34.5 Å². The van der Waals surface area contributed by atoms with Crippen molar-refractivity contribution in [2.24, 2.45) is 0 Å². The van der Waals surface area contributed by atoms with Gasteiger partial charge in [-0.3, -0.25) is 14.9 Å². The number of nitrogens with one attached hydrogen (secondary N) is 1. The van der Waals surface area contributed by atoms with Crippen molar-refractivity contribution in [3.05, 3.63) is 88.9 Å². The van der Waals surface area contributed by atoms with Gasteiger partial charge >= 0.3 is 0 Å². The molecule has 0 spiro atoms. The van der Waals surface area contributed by atoms with E-state index in [0.717, 1.165) is 27.9 Å². The second-order valence-electron chi connectivity index (χ2n) is 6.36. The Hall–Kier alpha value is -3.73. The lowest BCUT2D eigenvalue weighted by atomic mass is 10.00. The van der Waals surface area contributed by atoms with Gasteiger partial charge in [0.25, 0.3) is 0 Å². The van der Waals surface area contributed by atoms with Crippen LogP contribution in [0.1, 0.15) is 32.9 Å². The number of fused-ring (bicyclic) bond motifs is 1. The van der Waals surface area contributed by atoms with Gasteiger partial charge in [-0.1, -0.05) is 24.3 Å². The number of benzene rings is 2. The Morgan fingerprint density at radius 3 is 2.63 bits per heavy atom. The summed E-state index contributed by atoms with van der Waals surface area (Å²) in [7, 11) is 0. The van der Waals surface area contributed by atoms with Crippen LogP contribution in [-0.2, 0) is 0 Å². The average molecular weight is 354 g/mol. The summed E-state index contributed by atoms with van der Waals surface area (Å²) in [6, 6.07) is 16.6. The first-order valence-corrected chi connectivity index (χ1v) is 8.60. The molecule has 27 heavy (non-hydrogen) atoms. The fourth-order valence-corrected chi connectivity index (χ4v) is 2.90. The van der Waals surface area contributed by atoms with Crippen molar-refractivity contribution in [1.29, 1.82) is 0 Å². The fourth-order valence-electron chi connectivity index (χ4n) is 2.90. The van der Waals surface area contributed by atoms with Crippen LogP contribution < -0.4 is 5.73 Å². The molecule has 0 saturated heterocycles. The number of pyridine rings is 1. The minimum absolute atomic E-state index is 0.0659. The van der Waals surface area contributed by atoms with Crippen LogP contribution in [-0.4, -0.2) is 21.0 Å². The molecule has 2 aromatic heterocycles. The Morgan fingerprint density at radius 1 is 1.04 bits per heavy atom. The monoisotopic (exact) mass is 354 g/mol. The molecule has 0 bridgehead atoms. The molecule has 3 N–H and O–H groups in total. The first-order valence-electron chi connectivity index (χ1n) is 8.60. The molecule has 0 unspecified atom stereocenters. The minimum Gasteiger partial charge on any atom is -0.398 e. The van der Waals surface area contributed by atoms with Crippen LogP contribution in [0.25, 0.3) is 23.1 Å². The van der Waals surface area contributed by atoms with Gasteiger partial charge in [-0.15, -0.1) is 0 Å². The van der Waals surface area contributed by atoms with Gasteiger partial charge in [0.1, 0.15) is 0 Å². The van der Waals surface area contributed by atoms with Crippen molar-refractivity contribution < 1.29 is 4.79 Å². The van der Waals surface area contributed by atoms with E-state index in [4.69, 9.17) is 5.73 Å². The second-order valence-corrected chi connectivity index (χ2v) is 6.36. The van der Waals surface area contributed by atoms with Gasteiger partial charge in [-0.2, -0.15) is 5.10 Å². The number of nitrogens with zero attached hydrogens (tertiary/aromatic N) is 2. The van der Waals surface area contributed by atoms with Crippen LogP contribution in [0.15, 0.2) is 60.8 Å². The van der Waals surface area contributed by atoms with E-state index in [9.17, 15) is 4.79 Å². The molecular weight excluding hydrogens is 336 g/mol. The van der Waals surface area contributed by atoms with Crippen molar-refractivity contribution in [2.75, 3.05) is 5.73 Å². The molecule has 0 aliphatic heterocycles. The third kappa shape index (κ3) is 3.35. The van der Waals surface area contributed by atoms with E-state index in [1.807, 2.05) is 61.5 Å². The predicted octanol–water partition coefficient (Wildman–Crippen LogP) is 4.25. The van der Waals surface area contributed by atoms with Gasteiger partial charge in [0.05, 0.1) is 16.9 Å². The van der Waals surface area contributed by atoms with Crippen LogP contribution in [0.5, 0.6) is 0 Å². The van der Waals surface area contributed by atoms with Crippen LogP contribution in [0.3, 0.4) is 0 Å². The first-order chi connectivity index (χ1) is 13.1. The zero-order valence-electron chi connectivity index (χ0n) is 14.8. The summed E-state index contributed by atoms with van der Waals surface area (Å²) >= 11 is 0. The highest BCUT2D eigenvalue weighted by Gasteiger charge is 2.12. The first kappa shape index (κ1) is 16.7. The lowest BCUT2D eigenvalue weighted by Crippen LogP contribution is -2.03. The summed E-state index contributed by atoms with van der Waals surface area (Å²) in [5.41, 5.74) is 11.1. The standard InChI is InChI=1S/C22H18N4O/c1-14-5-6-15(12-19(14)23)22(27)16-7-9-18-20(25-26-21(18)13-16)10-8-17-4-2-3-11-24-17/h2-13H,23H2,1H3,(H,25,26). The van der Waals surface area contributed by atoms with Crippen LogP contribution in [0, 0.1) is 6.92 Å². The SMILES string of the molecule is Cc1ccc(C(=O)c2ccc3c(C=Cc4ccccn4)n[nH]c3c2)cc1N. The smallest absolute Gasteiger partial charge is 0.193 e. The van der Waals surface area contributed by atoms with Gasteiger partial charge in [0.15, 0.2) is 5.78 Å². The Bertz CT molecular complexity index is 1160. The summed E-state index contributed by atoms with van der Waals surface area (Å²) in [5, 5.41) is 8.28. The maximum absolute atomic E-state index is 12.8. The Balaban J connectivity index is 1.64. The predicted molar refractivity (Wildman–Crippen MR) is 108 cm³/mol. The maximum Gasteiger partial charge on any atom is 0.193 e. The number of aryl methyl sites for hydroxylation is 1. The van der Waals surface area contributed by atoms with Crippen molar-refractivity contribution in [2.45, 2.75) is 6.92 Å². The number of nitrogens with two attached hydrogens (primary N) is 1. The van der Waals surface area contributed by atoms with Crippen molar-refractivity contribution in [3.8, 4) is 0 Å². The van der Waals surface area contributed by atoms with E-state index in [2.05, 4.69) is 15.2 Å². The molecule has 0 fully saturated rings. The van der Waals surface area contributed by atoms with Crippen molar-refractivity contribution in [3.63, 3.8) is 0 Å². The largest absolute Gasteiger partial charge is 0.398 e. The van der Waals surface area contributed by atoms with E-state index in [-0.39, 0.29) is 5.78 Å². The number of rotatable bonds is 4. The average Bonchev–Trinajstić information content (AvgIpc) is 3.11. The molecule has 0 radical (unpaired) electrons. The highest BCUT2D eigenvalue weighted by atomic mass is 16.1.